The minimum atomic E-state index is -0.500. The maximum Gasteiger partial charge on any atom is 0.0714 e. The summed E-state index contributed by atoms with van der Waals surface area (Å²) in [7, 11) is 0. The molecular weight excluding hydrogens is 693 g/mol. The highest BCUT2D eigenvalue weighted by Gasteiger charge is 2.46. The molecule has 0 nitrogen and oxygen atoms in total. The average Bonchev–Trinajstić information content (AvgIpc) is 3.56. The number of hydrogen-bond donors (Lipinski definition) is 0. The summed E-state index contributed by atoms with van der Waals surface area (Å²) in [5.74, 6) is 0.299. The van der Waals surface area contributed by atoms with Crippen molar-refractivity contribution in [2.24, 2.45) is 5.92 Å². The van der Waals surface area contributed by atoms with Crippen molar-refractivity contribution in [2.75, 3.05) is 0 Å². The molecule has 3 aliphatic carbocycles. The van der Waals surface area contributed by atoms with Crippen LogP contribution in [-0.2, 0) is 5.41 Å². The van der Waals surface area contributed by atoms with Gasteiger partial charge in [-0.3, -0.25) is 0 Å². The normalized spacial score (nSPS) is 16.4. The van der Waals surface area contributed by atoms with Crippen molar-refractivity contribution in [1.29, 1.82) is 0 Å². The van der Waals surface area contributed by atoms with E-state index in [9.17, 15) is 0 Å². The van der Waals surface area contributed by atoms with E-state index < -0.39 is 5.41 Å². The van der Waals surface area contributed by atoms with Gasteiger partial charge in [0, 0.05) is 15.7 Å². The van der Waals surface area contributed by atoms with Crippen LogP contribution in [0.15, 0.2) is 228 Å². The van der Waals surface area contributed by atoms with Crippen molar-refractivity contribution in [3.05, 3.63) is 251 Å². The first-order valence-electron chi connectivity index (χ1n) is 19.6. The molecule has 0 bridgehead atoms. The predicted molar refractivity (Wildman–Crippen MR) is 237 cm³/mol. The van der Waals surface area contributed by atoms with Crippen molar-refractivity contribution in [3.8, 4) is 11.1 Å². The fraction of sp³-hybridized carbons (Fsp3) is 0.0545. The predicted octanol–water partition coefficient (Wildman–Crippen LogP) is 14.5. The molecule has 0 radical (unpaired) electrons. The summed E-state index contributed by atoms with van der Waals surface area (Å²) in [6, 6.07) is 67.8. The van der Waals surface area contributed by atoms with Gasteiger partial charge in [-0.15, -0.1) is 0 Å². The van der Waals surface area contributed by atoms with Crippen molar-refractivity contribution < 1.29 is 0 Å². The summed E-state index contributed by atoms with van der Waals surface area (Å²) >= 11 is 1.86. The molecule has 0 saturated carbocycles. The van der Waals surface area contributed by atoms with Gasteiger partial charge in [-0.25, -0.2) is 0 Å². The molecule has 1 atom stereocenters. The Morgan fingerprint density at radius 3 is 1.96 bits per heavy atom. The first-order chi connectivity index (χ1) is 27.8. The summed E-state index contributed by atoms with van der Waals surface area (Å²) in [4.78, 5) is 2.52. The zero-order chi connectivity index (χ0) is 37.1. The second-order valence-electron chi connectivity index (χ2n) is 15.1. The Labute approximate surface area is 332 Å². The van der Waals surface area contributed by atoms with Gasteiger partial charge in [-0.1, -0.05) is 194 Å². The van der Waals surface area contributed by atoms with E-state index in [1.54, 1.807) is 0 Å². The highest BCUT2D eigenvalue weighted by molar-refractivity contribution is 7.99. The Balaban J connectivity index is 1.08. The van der Waals surface area contributed by atoms with E-state index in [0.29, 0.717) is 5.92 Å². The number of benzene rings is 8. The number of rotatable bonds is 6. The lowest BCUT2D eigenvalue weighted by Crippen LogP contribution is -2.28. The minimum absolute atomic E-state index is 0.299. The molecule has 1 unspecified atom stereocenters. The molecule has 3 aliphatic rings. The molecule has 1 heteroatoms. The number of allylic oxidation sites excluding steroid dienone is 8. The van der Waals surface area contributed by atoms with E-state index in [2.05, 4.69) is 212 Å². The van der Waals surface area contributed by atoms with Gasteiger partial charge in [-0.2, -0.15) is 0 Å². The van der Waals surface area contributed by atoms with Crippen molar-refractivity contribution in [3.63, 3.8) is 0 Å². The van der Waals surface area contributed by atoms with Crippen LogP contribution in [0.3, 0.4) is 0 Å². The fourth-order valence-electron chi connectivity index (χ4n) is 9.64. The smallest absolute Gasteiger partial charge is 0.0714 e. The third-order valence-corrected chi connectivity index (χ3v) is 13.2. The fourth-order valence-corrected chi connectivity index (χ4v) is 10.7. The summed E-state index contributed by atoms with van der Waals surface area (Å²) in [6.07, 6.45) is 12.7. The lowest BCUT2D eigenvalue weighted by Gasteiger charge is -2.34. The molecule has 0 heterocycles. The van der Waals surface area contributed by atoms with Gasteiger partial charge < -0.3 is 0 Å². The van der Waals surface area contributed by atoms with Crippen LogP contribution in [0.2, 0.25) is 0 Å². The van der Waals surface area contributed by atoms with E-state index in [4.69, 9.17) is 0 Å². The highest BCUT2D eigenvalue weighted by atomic mass is 32.2. The maximum atomic E-state index is 2.52. The van der Waals surface area contributed by atoms with Gasteiger partial charge in [0.05, 0.1) is 5.41 Å². The Hall–Kier alpha value is -6.41. The molecule has 0 aromatic heterocycles. The first kappa shape index (κ1) is 33.0. The van der Waals surface area contributed by atoms with Crippen LogP contribution in [0.4, 0.5) is 0 Å². The number of fused-ring (bicyclic) bond motifs is 6. The number of hydrogen-bond acceptors (Lipinski definition) is 1. The lowest BCUT2D eigenvalue weighted by atomic mass is 9.67. The third kappa shape index (κ3) is 5.23. The second kappa shape index (κ2) is 13.4. The summed E-state index contributed by atoms with van der Waals surface area (Å²) in [5.41, 5.74) is 14.0. The van der Waals surface area contributed by atoms with Crippen LogP contribution < -0.4 is 0 Å². The molecule has 11 rings (SSSR count). The van der Waals surface area contributed by atoms with Crippen molar-refractivity contribution in [2.45, 2.75) is 21.6 Å². The maximum absolute atomic E-state index is 2.52. The lowest BCUT2D eigenvalue weighted by molar-refractivity contribution is 0.765. The Morgan fingerprint density at radius 1 is 0.500 bits per heavy atom. The molecule has 0 amide bonds. The van der Waals surface area contributed by atoms with Gasteiger partial charge in [0.2, 0.25) is 0 Å². The average molecular weight is 731 g/mol. The molecule has 0 fully saturated rings. The third-order valence-electron chi connectivity index (χ3n) is 12.2. The molecular formula is C55H38S. The molecule has 0 aliphatic heterocycles. The largest absolute Gasteiger partial charge is 0.0894 e. The topological polar surface area (TPSA) is 0 Å². The Kier molecular flexibility index (Phi) is 7.90. The van der Waals surface area contributed by atoms with Crippen LogP contribution in [0.25, 0.3) is 43.8 Å². The van der Waals surface area contributed by atoms with Crippen LogP contribution in [0.1, 0.15) is 39.8 Å². The first-order valence-corrected chi connectivity index (χ1v) is 20.4. The van der Waals surface area contributed by atoms with Crippen LogP contribution in [0, 0.1) is 5.92 Å². The Bertz CT molecular complexity index is 2910. The zero-order valence-corrected chi connectivity index (χ0v) is 31.7. The molecule has 8 aromatic carbocycles. The molecule has 0 N–H and O–H groups in total. The van der Waals surface area contributed by atoms with Crippen LogP contribution in [0.5, 0.6) is 0 Å². The van der Waals surface area contributed by atoms with Crippen LogP contribution in [-0.4, -0.2) is 0 Å². The van der Waals surface area contributed by atoms with E-state index in [1.165, 1.54) is 92.6 Å². The minimum Gasteiger partial charge on any atom is -0.0894 e. The van der Waals surface area contributed by atoms with E-state index in [-0.39, 0.29) is 0 Å². The van der Waals surface area contributed by atoms with Crippen molar-refractivity contribution >= 4 is 44.5 Å². The Morgan fingerprint density at radius 2 is 1.16 bits per heavy atom. The summed E-state index contributed by atoms with van der Waals surface area (Å²) in [5, 5.41) is 5.12. The highest BCUT2D eigenvalue weighted by Crippen LogP contribution is 2.58. The van der Waals surface area contributed by atoms with E-state index >= 15 is 0 Å². The van der Waals surface area contributed by atoms with Gasteiger partial charge in [-0.05, 0) is 120 Å². The molecule has 0 saturated heterocycles. The molecule has 8 aromatic rings. The SMILES string of the molecule is C1=CC2=C(c3ccc4c(c3)C(c3ccccc3)(c3ccccc3)c3cc(Sc5cccc6ccccc56)ccc3-4)C=CCC2C(c2ccc3ccccc3c2)=C1. The quantitative estimate of drug-likeness (QED) is 0.164. The molecule has 264 valence electrons. The summed E-state index contributed by atoms with van der Waals surface area (Å²) in [6.45, 7) is 0. The monoisotopic (exact) mass is 730 g/mol. The van der Waals surface area contributed by atoms with Gasteiger partial charge in [0.25, 0.3) is 0 Å². The van der Waals surface area contributed by atoms with Gasteiger partial charge >= 0.3 is 0 Å². The molecule has 0 spiro atoms. The van der Waals surface area contributed by atoms with E-state index in [0.717, 1.165) is 6.42 Å². The van der Waals surface area contributed by atoms with E-state index in [1.807, 2.05) is 11.8 Å². The summed E-state index contributed by atoms with van der Waals surface area (Å²) < 4.78 is 0. The van der Waals surface area contributed by atoms with Crippen LogP contribution >= 0.6 is 11.8 Å². The molecule has 56 heavy (non-hydrogen) atoms. The van der Waals surface area contributed by atoms with Crippen molar-refractivity contribution in [1.82, 2.24) is 0 Å². The standard InChI is InChI=1S/C55H38S/c1-3-18-42(19-4-1)55(43-20-5-2-6-21-43)52-35-41(46-24-13-25-48-45(23-12-26-49(46)48)40-29-28-37-14-7-8-16-39(37)34-40)30-32-50(52)51-33-31-44(36-53(51)55)56-54-27-11-17-38-15-9-10-22-47(38)54/h1-24,26-36,48H,25H2. The zero-order valence-electron chi connectivity index (χ0n) is 30.9. The second-order valence-corrected chi connectivity index (χ2v) is 16.2. The van der Waals surface area contributed by atoms with Gasteiger partial charge in [0.1, 0.15) is 0 Å². The van der Waals surface area contributed by atoms with Gasteiger partial charge in [0.15, 0.2) is 0 Å².